The van der Waals surface area contributed by atoms with Crippen molar-refractivity contribution in [2.75, 3.05) is 17.6 Å². The Labute approximate surface area is 171 Å². The molecular weight excluding hydrogens is 458 g/mol. The van der Waals surface area contributed by atoms with E-state index in [0.29, 0.717) is 10.7 Å². The van der Waals surface area contributed by atoms with Gasteiger partial charge in [0.05, 0.1) is 28.2 Å². The minimum absolute atomic E-state index is 0.0871. The van der Waals surface area contributed by atoms with Crippen LogP contribution in [0.4, 0.5) is 5.69 Å². The molecule has 26 heavy (non-hydrogen) atoms. The molecule has 0 saturated heterocycles. The summed E-state index contributed by atoms with van der Waals surface area (Å²) in [5.74, 6) is -0.324. The molecule has 0 radical (unpaired) electrons. The summed E-state index contributed by atoms with van der Waals surface area (Å²) < 4.78 is 2.59. The van der Waals surface area contributed by atoms with Crippen molar-refractivity contribution in [2.45, 2.75) is 4.34 Å². The Morgan fingerprint density at radius 1 is 1.19 bits per heavy atom. The number of hydrogen-bond acceptors (Lipinski definition) is 5. The molecule has 0 atom stereocenters. The molecule has 0 fully saturated rings. The van der Waals surface area contributed by atoms with Crippen molar-refractivity contribution >= 4 is 78.3 Å². The summed E-state index contributed by atoms with van der Waals surface area (Å²) in [4.78, 5) is 28.3. The Morgan fingerprint density at radius 2 is 2.00 bits per heavy atom. The van der Waals surface area contributed by atoms with Gasteiger partial charge in [-0.15, -0.1) is 11.3 Å². The zero-order valence-electron chi connectivity index (χ0n) is 13.3. The first kappa shape index (κ1) is 19.2. The van der Waals surface area contributed by atoms with Crippen LogP contribution in [0.3, 0.4) is 0 Å². The Balaban J connectivity index is 1.46. The summed E-state index contributed by atoms with van der Waals surface area (Å²) >= 11 is 12.1. The third kappa shape index (κ3) is 5.20. The first-order valence-corrected chi connectivity index (χ1v) is 10.5. The number of thioether (sulfide) groups is 1. The molecule has 2 aromatic carbocycles. The lowest BCUT2D eigenvalue weighted by molar-refractivity contribution is -0.122. The van der Waals surface area contributed by atoms with Crippen molar-refractivity contribution in [2.24, 2.45) is 0 Å². The average Bonchev–Trinajstić information content (AvgIpc) is 3.02. The highest BCUT2D eigenvalue weighted by molar-refractivity contribution is 9.10. The smallest absolute Gasteiger partial charge is 0.243 e. The molecular formula is C17H13BrClN3O2S2. The second-order valence-electron chi connectivity index (χ2n) is 5.19. The summed E-state index contributed by atoms with van der Waals surface area (Å²) in [6.07, 6.45) is 0. The number of nitrogens with one attached hydrogen (secondary N) is 2. The van der Waals surface area contributed by atoms with E-state index in [4.69, 9.17) is 11.6 Å². The van der Waals surface area contributed by atoms with Gasteiger partial charge in [-0.05, 0) is 46.3 Å². The van der Waals surface area contributed by atoms with E-state index in [2.05, 4.69) is 31.5 Å². The van der Waals surface area contributed by atoms with Crippen LogP contribution in [-0.2, 0) is 9.59 Å². The number of fused-ring (bicyclic) bond motifs is 1. The van der Waals surface area contributed by atoms with Crippen molar-refractivity contribution in [3.8, 4) is 0 Å². The van der Waals surface area contributed by atoms with E-state index in [-0.39, 0.29) is 24.1 Å². The van der Waals surface area contributed by atoms with Crippen molar-refractivity contribution in [3.63, 3.8) is 0 Å². The van der Waals surface area contributed by atoms with Crippen LogP contribution in [0.1, 0.15) is 0 Å². The van der Waals surface area contributed by atoms with E-state index in [1.54, 1.807) is 12.1 Å². The van der Waals surface area contributed by atoms with Gasteiger partial charge in [0.15, 0.2) is 4.34 Å². The summed E-state index contributed by atoms with van der Waals surface area (Å²) in [6.45, 7) is -0.0871. The number of aromatic nitrogens is 1. The number of thiazole rings is 1. The molecule has 3 aromatic rings. The molecule has 0 saturated carbocycles. The van der Waals surface area contributed by atoms with Crippen LogP contribution in [0.15, 0.2) is 51.3 Å². The number of para-hydroxylation sites is 1. The monoisotopic (exact) mass is 469 g/mol. The van der Waals surface area contributed by atoms with Crippen LogP contribution >= 0.6 is 50.6 Å². The molecule has 0 unspecified atom stereocenters. The van der Waals surface area contributed by atoms with Crippen molar-refractivity contribution in [1.29, 1.82) is 0 Å². The Hall–Kier alpha value is -1.61. The fourth-order valence-electron chi connectivity index (χ4n) is 2.06. The number of benzene rings is 2. The minimum atomic E-state index is -0.287. The molecule has 5 nitrogen and oxygen atoms in total. The molecule has 2 amide bonds. The summed E-state index contributed by atoms with van der Waals surface area (Å²) in [7, 11) is 0. The van der Waals surface area contributed by atoms with Gasteiger partial charge in [-0.1, -0.05) is 35.5 Å². The number of halogens is 2. The van der Waals surface area contributed by atoms with Crippen molar-refractivity contribution in [3.05, 3.63) is 52.0 Å². The highest BCUT2D eigenvalue weighted by Gasteiger charge is 2.10. The number of amides is 2. The van der Waals surface area contributed by atoms with E-state index in [1.807, 2.05) is 30.3 Å². The second-order valence-corrected chi connectivity index (χ2v) is 8.73. The number of anilines is 1. The summed E-state index contributed by atoms with van der Waals surface area (Å²) in [6, 6.07) is 12.8. The zero-order valence-corrected chi connectivity index (χ0v) is 17.3. The Kier molecular flexibility index (Phi) is 6.53. The number of carbonyl (C=O) groups excluding carboxylic acids is 2. The lowest BCUT2D eigenvalue weighted by atomic mass is 10.3. The van der Waals surface area contributed by atoms with Crippen LogP contribution < -0.4 is 10.6 Å². The first-order valence-electron chi connectivity index (χ1n) is 7.51. The van der Waals surface area contributed by atoms with Gasteiger partial charge in [-0.3, -0.25) is 9.59 Å². The fourth-order valence-corrected chi connectivity index (χ4v) is 4.48. The van der Waals surface area contributed by atoms with E-state index in [0.717, 1.165) is 19.0 Å². The van der Waals surface area contributed by atoms with E-state index in [1.165, 1.54) is 23.1 Å². The summed E-state index contributed by atoms with van der Waals surface area (Å²) in [5, 5.41) is 5.97. The predicted octanol–water partition coefficient (Wildman–Crippen LogP) is 4.56. The Bertz CT molecular complexity index is 964. The van der Waals surface area contributed by atoms with Gasteiger partial charge < -0.3 is 10.6 Å². The third-order valence-corrected chi connectivity index (χ3v) is 6.36. The molecule has 134 valence electrons. The minimum Gasteiger partial charge on any atom is -0.346 e. The molecule has 2 N–H and O–H groups in total. The number of hydrogen-bond donors (Lipinski definition) is 2. The molecule has 1 aromatic heterocycles. The number of rotatable bonds is 6. The quantitative estimate of drug-likeness (QED) is 0.518. The van der Waals surface area contributed by atoms with Crippen LogP contribution in [0.5, 0.6) is 0 Å². The molecule has 3 rings (SSSR count). The molecule has 0 bridgehead atoms. The molecule has 1 heterocycles. The maximum absolute atomic E-state index is 11.9. The summed E-state index contributed by atoms with van der Waals surface area (Å²) in [5.41, 5.74) is 1.48. The van der Waals surface area contributed by atoms with Gasteiger partial charge in [-0.2, -0.15) is 0 Å². The lowest BCUT2D eigenvalue weighted by Crippen LogP contribution is -2.33. The topological polar surface area (TPSA) is 71.1 Å². The van der Waals surface area contributed by atoms with E-state index < -0.39 is 0 Å². The van der Waals surface area contributed by atoms with Crippen LogP contribution in [0, 0.1) is 0 Å². The average molecular weight is 471 g/mol. The molecule has 9 heteroatoms. The molecule has 0 aliphatic carbocycles. The van der Waals surface area contributed by atoms with E-state index in [9.17, 15) is 9.59 Å². The normalized spacial score (nSPS) is 10.7. The number of nitrogens with zero attached hydrogens (tertiary/aromatic N) is 1. The highest BCUT2D eigenvalue weighted by Crippen LogP contribution is 2.30. The lowest BCUT2D eigenvalue weighted by Gasteiger charge is -2.08. The SMILES string of the molecule is O=C(CSc1nc2cc(Cl)ccc2s1)NCC(=O)Nc1ccccc1Br. The molecule has 0 spiro atoms. The van der Waals surface area contributed by atoms with Crippen LogP contribution in [-0.4, -0.2) is 29.1 Å². The maximum Gasteiger partial charge on any atom is 0.243 e. The third-order valence-electron chi connectivity index (χ3n) is 3.25. The van der Waals surface area contributed by atoms with Crippen molar-refractivity contribution < 1.29 is 9.59 Å². The molecule has 0 aliphatic heterocycles. The largest absolute Gasteiger partial charge is 0.346 e. The van der Waals surface area contributed by atoms with Crippen LogP contribution in [0.2, 0.25) is 5.02 Å². The fraction of sp³-hybridized carbons (Fsp3) is 0.118. The van der Waals surface area contributed by atoms with Gasteiger partial charge in [-0.25, -0.2) is 4.98 Å². The van der Waals surface area contributed by atoms with Crippen molar-refractivity contribution in [1.82, 2.24) is 10.3 Å². The van der Waals surface area contributed by atoms with Gasteiger partial charge >= 0.3 is 0 Å². The highest BCUT2D eigenvalue weighted by atomic mass is 79.9. The van der Waals surface area contributed by atoms with Gasteiger partial charge in [0, 0.05) is 9.50 Å². The van der Waals surface area contributed by atoms with E-state index >= 15 is 0 Å². The molecule has 0 aliphatic rings. The predicted molar refractivity (Wildman–Crippen MR) is 111 cm³/mol. The van der Waals surface area contributed by atoms with Crippen LogP contribution in [0.25, 0.3) is 10.2 Å². The Morgan fingerprint density at radius 3 is 2.81 bits per heavy atom. The van der Waals surface area contributed by atoms with Gasteiger partial charge in [0.1, 0.15) is 0 Å². The second kappa shape index (κ2) is 8.85. The maximum atomic E-state index is 11.9. The standard InChI is InChI=1S/C17H13BrClN3O2S2/c18-11-3-1-2-4-12(11)21-15(23)8-20-16(24)9-25-17-22-13-7-10(19)5-6-14(13)26-17/h1-7H,8-9H2,(H,20,24)(H,21,23). The first-order chi connectivity index (χ1) is 12.5. The van der Waals surface area contributed by atoms with Gasteiger partial charge in [0.2, 0.25) is 11.8 Å². The zero-order chi connectivity index (χ0) is 18.5. The van der Waals surface area contributed by atoms with Gasteiger partial charge in [0.25, 0.3) is 0 Å². The number of carbonyl (C=O) groups is 2.